The first-order chi connectivity index (χ1) is 4.72. The number of hydrogen-bond acceptors (Lipinski definition) is 1. The highest BCUT2D eigenvalue weighted by Crippen LogP contribution is 2.16. The Kier molecular flexibility index (Phi) is 2.17. The number of hydrogen-bond donors (Lipinski definition) is 1. The maximum atomic E-state index is 5.75. The molecule has 0 heterocycles. The summed E-state index contributed by atoms with van der Waals surface area (Å²) in [6.45, 7) is 2.07. The molecule has 1 nitrogen and oxygen atoms in total. The van der Waals surface area contributed by atoms with Gasteiger partial charge in [-0.05, 0) is 30.2 Å². The lowest BCUT2D eigenvalue weighted by Gasteiger charge is -1.98. The van der Waals surface area contributed by atoms with Gasteiger partial charge < -0.3 is 5.73 Å². The third-order valence-corrected chi connectivity index (χ3v) is 1.61. The number of anilines is 1. The summed E-state index contributed by atoms with van der Waals surface area (Å²) in [6, 6.07) is 5.62. The molecule has 0 atom stereocenters. The fourth-order valence-electron chi connectivity index (χ4n) is 0.880. The Labute approximate surface area is 65.8 Å². The zero-order chi connectivity index (χ0) is 7.56. The van der Waals surface area contributed by atoms with Crippen molar-refractivity contribution in [2.24, 2.45) is 0 Å². The van der Waals surface area contributed by atoms with Crippen molar-refractivity contribution in [3.63, 3.8) is 0 Å². The van der Waals surface area contributed by atoms with Gasteiger partial charge in [0, 0.05) is 10.7 Å². The van der Waals surface area contributed by atoms with Crippen LogP contribution < -0.4 is 5.73 Å². The molecule has 0 radical (unpaired) electrons. The van der Waals surface area contributed by atoms with Crippen LogP contribution in [0, 0.1) is 0 Å². The third kappa shape index (κ3) is 1.64. The number of aryl methyl sites for hydroxylation is 1. The van der Waals surface area contributed by atoms with Gasteiger partial charge in [0.05, 0.1) is 0 Å². The van der Waals surface area contributed by atoms with E-state index in [0.29, 0.717) is 0 Å². The van der Waals surface area contributed by atoms with Gasteiger partial charge in [0.2, 0.25) is 0 Å². The van der Waals surface area contributed by atoms with Gasteiger partial charge in [-0.15, -0.1) is 0 Å². The topological polar surface area (TPSA) is 26.0 Å². The van der Waals surface area contributed by atoms with Gasteiger partial charge >= 0.3 is 0 Å². The highest BCUT2D eigenvalue weighted by molar-refractivity contribution is 6.30. The molecule has 0 bridgehead atoms. The molecule has 0 unspecified atom stereocenters. The van der Waals surface area contributed by atoms with E-state index >= 15 is 0 Å². The van der Waals surface area contributed by atoms with Crippen LogP contribution in [0.3, 0.4) is 0 Å². The van der Waals surface area contributed by atoms with E-state index in [0.717, 1.165) is 17.1 Å². The van der Waals surface area contributed by atoms with Crippen LogP contribution in [-0.2, 0) is 6.42 Å². The first-order valence-corrected chi connectivity index (χ1v) is 3.65. The molecule has 10 heavy (non-hydrogen) atoms. The Balaban J connectivity index is 3.06. The van der Waals surface area contributed by atoms with Crippen molar-refractivity contribution < 1.29 is 0 Å². The van der Waals surface area contributed by atoms with Crippen molar-refractivity contribution in [1.82, 2.24) is 0 Å². The predicted molar refractivity (Wildman–Crippen MR) is 45.2 cm³/mol. The van der Waals surface area contributed by atoms with Crippen LogP contribution in [0.5, 0.6) is 0 Å². The fourth-order valence-corrected chi connectivity index (χ4v) is 1.15. The molecule has 1 aromatic carbocycles. The van der Waals surface area contributed by atoms with Gasteiger partial charge in [0.1, 0.15) is 0 Å². The number of halogens is 1. The summed E-state index contributed by atoms with van der Waals surface area (Å²) in [4.78, 5) is 0. The van der Waals surface area contributed by atoms with Crippen LogP contribution in [0.4, 0.5) is 5.69 Å². The maximum Gasteiger partial charge on any atom is 0.0429 e. The van der Waals surface area contributed by atoms with Crippen molar-refractivity contribution >= 4 is 17.3 Å². The molecule has 1 aromatic rings. The van der Waals surface area contributed by atoms with E-state index < -0.39 is 0 Å². The molecule has 0 aliphatic rings. The van der Waals surface area contributed by atoms with Crippen molar-refractivity contribution in [2.45, 2.75) is 13.3 Å². The van der Waals surface area contributed by atoms with Crippen LogP contribution in [0.25, 0.3) is 0 Å². The predicted octanol–water partition coefficient (Wildman–Crippen LogP) is 2.48. The molecule has 0 amide bonds. The molecule has 0 saturated heterocycles. The smallest absolute Gasteiger partial charge is 0.0429 e. The molecule has 1 rings (SSSR count). The van der Waals surface area contributed by atoms with E-state index in [1.165, 1.54) is 5.56 Å². The Morgan fingerprint density at radius 2 is 2.10 bits per heavy atom. The zero-order valence-electron chi connectivity index (χ0n) is 5.89. The second-order valence-electron chi connectivity index (χ2n) is 2.25. The molecule has 0 aliphatic heterocycles. The van der Waals surface area contributed by atoms with Crippen molar-refractivity contribution in [3.05, 3.63) is 28.8 Å². The highest BCUT2D eigenvalue weighted by Gasteiger charge is 1.93. The molecule has 54 valence electrons. The monoisotopic (exact) mass is 155 g/mol. The molecule has 2 N–H and O–H groups in total. The van der Waals surface area contributed by atoms with E-state index in [-0.39, 0.29) is 0 Å². The first kappa shape index (κ1) is 7.42. The normalized spacial score (nSPS) is 9.80. The largest absolute Gasteiger partial charge is 0.399 e. The van der Waals surface area contributed by atoms with E-state index in [4.69, 9.17) is 17.3 Å². The van der Waals surface area contributed by atoms with E-state index in [1.54, 1.807) is 6.07 Å². The number of nitrogens with two attached hydrogens (primary N) is 1. The van der Waals surface area contributed by atoms with Gasteiger partial charge in [-0.2, -0.15) is 0 Å². The molecule has 2 heteroatoms. The summed E-state index contributed by atoms with van der Waals surface area (Å²) < 4.78 is 0. The van der Waals surface area contributed by atoms with Crippen molar-refractivity contribution in [2.75, 3.05) is 5.73 Å². The van der Waals surface area contributed by atoms with Crippen molar-refractivity contribution in [1.29, 1.82) is 0 Å². The Morgan fingerprint density at radius 3 is 2.60 bits per heavy atom. The molecule has 0 aromatic heterocycles. The summed E-state index contributed by atoms with van der Waals surface area (Å²) in [5.41, 5.74) is 7.48. The molecule has 0 aliphatic carbocycles. The molecule has 0 spiro atoms. The second-order valence-corrected chi connectivity index (χ2v) is 2.68. The quantitative estimate of drug-likeness (QED) is 0.620. The minimum Gasteiger partial charge on any atom is -0.399 e. The van der Waals surface area contributed by atoms with Gasteiger partial charge in [-0.3, -0.25) is 0 Å². The molecule has 0 fully saturated rings. The zero-order valence-corrected chi connectivity index (χ0v) is 6.65. The number of rotatable bonds is 1. The minimum atomic E-state index is 0.719. The SMILES string of the molecule is CCc1cc(N)cc(Cl)c1. The maximum absolute atomic E-state index is 5.75. The van der Waals surface area contributed by atoms with Gasteiger partial charge in [-0.1, -0.05) is 18.5 Å². The standard InChI is InChI=1S/C8H10ClN/c1-2-6-3-7(9)5-8(10)4-6/h3-5H,2,10H2,1H3. The third-order valence-electron chi connectivity index (χ3n) is 1.39. The Bertz CT molecular complexity index is 212. The van der Waals surface area contributed by atoms with Crippen LogP contribution in [0.2, 0.25) is 5.02 Å². The van der Waals surface area contributed by atoms with Crippen molar-refractivity contribution in [3.8, 4) is 0 Å². The summed E-state index contributed by atoms with van der Waals surface area (Å²) in [5.74, 6) is 0. The van der Waals surface area contributed by atoms with Gasteiger partial charge in [0.15, 0.2) is 0 Å². The fraction of sp³-hybridized carbons (Fsp3) is 0.250. The average molecular weight is 156 g/mol. The van der Waals surface area contributed by atoms with Crippen LogP contribution in [0.15, 0.2) is 18.2 Å². The lowest BCUT2D eigenvalue weighted by atomic mass is 10.1. The lowest BCUT2D eigenvalue weighted by Crippen LogP contribution is -1.87. The molecular formula is C8H10ClN. The average Bonchev–Trinajstić information content (AvgIpc) is 1.85. The summed E-state index contributed by atoms with van der Waals surface area (Å²) in [6.07, 6.45) is 0.977. The Morgan fingerprint density at radius 1 is 1.40 bits per heavy atom. The number of nitrogen functional groups attached to an aromatic ring is 1. The molecular weight excluding hydrogens is 146 g/mol. The summed E-state index contributed by atoms with van der Waals surface area (Å²) >= 11 is 5.75. The van der Waals surface area contributed by atoms with E-state index in [9.17, 15) is 0 Å². The van der Waals surface area contributed by atoms with E-state index in [1.807, 2.05) is 12.1 Å². The summed E-state index contributed by atoms with van der Waals surface area (Å²) in [7, 11) is 0. The van der Waals surface area contributed by atoms with E-state index in [2.05, 4.69) is 6.92 Å². The second kappa shape index (κ2) is 2.93. The lowest BCUT2D eigenvalue weighted by molar-refractivity contribution is 1.14. The highest BCUT2D eigenvalue weighted by atomic mass is 35.5. The van der Waals surface area contributed by atoms with Gasteiger partial charge in [0.25, 0.3) is 0 Å². The Hall–Kier alpha value is -0.690. The molecule has 0 saturated carbocycles. The number of benzene rings is 1. The van der Waals surface area contributed by atoms with Crippen LogP contribution in [-0.4, -0.2) is 0 Å². The van der Waals surface area contributed by atoms with Crippen LogP contribution in [0.1, 0.15) is 12.5 Å². The summed E-state index contributed by atoms with van der Waals surface area (Å²) in [5, 5.41) is 0.719. The first-order valence-electron chi connectivity index (χ1n) is 3.27. The van der Waals surface area contributed by atoms with Gasteiger partial charge in [-0.25, -0.2) is 0 Å². The minimum absolute atomic E-state index is 0.719. The van der Waals surface area contributed by atoms with Crippen LogP contribution >= 0.6 is 11.6 Å².